The Morgan fingerprint density at radius 1 is 1.03 bits per heavy atom. The molecule has 1 heterocycles. The minimum Gasteiger partial charge on any atom is -0.342 e. The van der Waals surface area contributed by atoms with Gasteiger partial charge in [0.15, 0.2) is 0 Å². The molecule has 0 bridgehead atoms. The number of hydrogen-bond donors (Lipinski definition) is 1. The lowest BCUT2D eigenvalue weighted by Gasteiger charge is -2.17. The van der Waals surface area contributed by atoms with E-state index in [4.69, 9.17) is 4.98 Å². The third-order valence-corrected chi connectivity index (χ3v) is 5.12. The molecule has 146 valence electrons. The Hall–Kier alpha value is -3.47. The average molecular weight is 387 g/mol. The van der Waals surface area contributed by atoms with Gasteiger partial charge in [-0.3, -0.25) is 4.79 Å². The Labute approximate surface area is 169 Å². The maximum atomic E-state index is 13.1. The zero-order chi connectivity index (χ0) is 20.4. The van der Waals surface area contributed by atoms with E-state index in [1.165, 1.54) is 35.4 Å². The van der Waals surface area contributed by atoms with Crippen LogP contribution in [0.5, 0.6) is 0 Å². The highest BCUT2D eigenvalue weighted by molar-refractivity contribution is 5.94. The van der Waals surface area contributed by atoms with Gasteiger partial charge in [-0.2, -0.15) is 0 Å². The van der Waals surface area contributed by atoms with Crippen LogP contribution >= 0.6 is 0 Å². The number of nitrogens with one attached hydrogen (secondary N) is 1. The van der Waals surface area contributed by atoms with Gasteiger partial charge >= 0.3 is 0 Å². The van der Waals surface area contributed by atoms with Crippen LogP contribution in [0.1, 0.15) is 40.3 Å². The highest BCUT2D eigenvalue weighted by atomic mass is 19.1. The van der Waals surface area contributed by atoms with Crippen molar-refractivity contribution in [2.75, 3.05) is 0 Å². The number of halogens is 1. The Kier molecular flexibility index (Phi) is 5.12. The first kappa shape index (κ1) is 18.9. The molecular weight excluding hydrogens is 365 g/mol. The standard InChI is InChI=1S/C24H22FN3O/c1-16-7-3-4-8-19(16)15-28-22-10-6-5-9-21(22)27-23(28)17(2)26-24(29)18-11-13-20(25)14-12-18/h3-14,17H,15H2,1-2H3,(H,26,29)/t17-/m0/s1. The van der Waals surface area contributed by atoms with Crippen molar-refractivity contribution in [1.29, 1.82) is 0 Å². The van der Waals surface area contributed by atoms with Crippen molar-refractivity contribution in [3.63, 3.8) is 0 Å². The summed E-state index contributed by atoms with van der Waals surface area (Å²) in [5, 5.41) is 2.99. The first-order chi connectivity index (χ1) is 14.0. The SMILES string of the molecule is Cc1ccccc1Cn1c([C@H](C)NC(=O)c2ccc(F)cc2)nc2ccccc21. The molecule has 0 spiro atoms. The molecule has 29 heavy (non-hydrogen) atoms. The molecule has 0 fully saturated rings. The van der Waals surface area contributed by atoms with Crippen molar-refractivity contribution >= 4 is 16.9 Å². The van der Waals surface area contributed by atoms with Crippen LogP contribution in [-0.2, 0) is 6.54 Å². The summed E-state index contributed by atoms with van der Waals surface area (Å²) < 4.78 is 15.3. The van der Waals surface area contributed by atoms with Crippen LogP contribution in [0.25, 0.3) is 11.0 Å². The van der Waals surface area contributed by atoms with Crippen LogP contribution in [0, 0.1) is 12.7 Å². The summed E-state index contributed by atoms with van der Waals surface area (Å²) in [6, 6.07) is 21.4. The molecule has 3 aromatic carbocycles. The van der Waals surface area contributed by atoms with Gasteiger partial charge in [0.2, 0.25) is 0 Å². The predicted molar refractivity (Wildman–Crippen MR) is 112 cm³/mol. The topological polar surface area (TPSA) is 46.9 Å². The third-order valence-electron chi connectivity index (χ3n) is 5.12. The number of imidazole rings is 1. The lowest BCUT2D eigenvalue weighted by atomic mass is 10.1. The Bertz CT molecular complexity index is 1160. The average Bonchev–Trinajstić information content (AvgIpc) is 3.09. The lowest BCUT2D eigenvalue weighted by molar-refractivity contribution is 0.0937. The van der Waals surface area contributed by atoms with Gasteiger partial charge in [0.1, 0.15) is 11.6 Å². The molecule has 5 heteroatoms. The van der Waals surface area contributed by atoms with E-state index in [1.807, 2.05) is 43.3 Å². The van der Waals surface area contributed by atoms with Gasteiger partial charge in [-0.15, -0.1) is 0 Å². The number of carbonyl (C=O) groups is 1. The summed E-state index contributed by atoms with van der Waals surface area (Å²) >= 11 is 0. The van der Waals surface area contributed by atoms with Crippen LogP contribution < -0.4 is 5.32 Å². The van der Waals surface area contributed by atoms with Gasteiger partial charge < -0.3 is 9.88 Å². The second-order valence-electron chi connectivity index (χ2n) is 7.17. The minimum atomic E-state index is -0.366. The van der Waals surface area contributed by atoms with Gasteiger partial charge in [-0.05, 0) is 61.4 Å². The number of hydrogen-bond acceptors (Lipinski definition) is 2. The second-order valence-corrected chi connectivity index (χ2v) is 7.17. The quantitative estimate of drug-likeness (QED) is 0.522. The van der Waals surface area contributed by atoms with Crippen LogP contribution in [0.2, 0.25) is 0 Å². The molecule has 4 nitrogen and oxygen atoms in total. The Balaban J connectivity index is 1.68. The van der Waals surface area contributed by atoms with E-state index in [1.54, 1.807) is 0 Å². The number of carbonyl (C=O) groups excluding carboxylic acids is 1. The normalized spacial score (nSPS) is 12.1. The number of benzene rings is 3. The molecule has 4 rings (SSSR count). The first-order valence-corrected chi connectivity index (χ1v) is 9.59. The van der Waals surface area contributed by atoms with E-state index >= 15 is 0 Å². The van der Waals surface area contributed by atoms with Crippen molar-refractivity contribution in [3.05, 3.63) is 101 Å². The largest absolute Gasteiger partial charge is 0.342 e. The van der Waals surface area contributed by atoms with Crippen LogP contribution in [0.15, 0.2) is 72.8 Å². The molecule has 1 N–H and O–H groups in total. The summed E-state index contributed by atoms with van der Waals surface area (Å²) in [7, 11) is 0. The van der Waals surface area contributed by atoms with E-state index in [0.717, 1.165) is 16.9 Å². The van der Waals surface area contributed by atoms with Crippen LogP contribution in [0.3, 0.4) is 0 Å². The fourth-order valence-electron chi connectivity index (χ4n) is 3.49. The molecule has 1 atom stereocenters. The van der Waals surface area contributed by atoms with Crippen molar-refractivity contribution in [2.24, 2.45) is 0 Å². The molecule has 4 aromatic rings. The second kappa shape index (κ2) is 7.87. The number of aromatic nitrogens is 2. The molecule has 0 aliphatic heterocycles. The lowest BCUT2D eigenvalue weighted by Crippen LogP contribution is -2.28. The summed E-state index contributed by atoms with van der Waals surface area (Å²) in [6.45, 7) is 4.67. The Morgan fingerprint density at radius 2 is 1.72 bits per heavy atom. The highest BCUT2D eigenvalue weighted by Gasteiger charge is 2.19. The first-order valence-electron chi connectivity index (χ1n) is 9.59. The summed E-state index contributed by atoms with van der Waals surface area (Å²) in [4.78, 5) is 17.4. The molecule has 0 unspecified atom stereocenters. The van der Waals surface area contributed by atoms with E-state index in [-0.39, 0.29) is 17.8 Å². The van der Waals surface area contributed by atoms with E-state index < -0.39 is 0 Å². The third kappa shape index (κ3) is 3.90. The van der Waals surface area contributed by atoms with E-state index in [2.05, 4.69) is 28.9 Å². The summed E-state index contributed by atoms with van der Waals surface area (Å²) in [5.74, 6) is 0.159. The van der Waals surface area contributed by atoms with Gasteiger partial charge in [0, 0.05) is 12.1 Å². The predicted octanol–water partition coefficient (Wildman–Crippen LogP) is 5.02. The van der Waals surface area contributed by atoms with Crippen LogP contribution in [-0.4, -0.2) is 15.5 Å². The maximum absolute atomic E-state index is 13.1. The number of aryl methyl sites for hydroxylation is 1. The fourth-order valence-corrected chi connectivity index (χ4v) is 3.49. The van der Waals surface area contributed by atoms with Gasteiger partial charge in [-0.25, -0.2) is 9.37 Å². The molecule has 0 saturated carbocycles. The maximum Gasteiger partial charge on any atom is 0.251 e. The van der Waals surface area contributed by atoms with Gasteiger partial charge in [-0.1, -0.05) is 36.4 Å². The van der Waals surface area contributed by atoms with E-state index in [0.29, 0.717) is 12.1 Å². The number of para-hydroxylation sites is 2. The molecule has 1 aromatic heterocycles. The summed E-state index contributed by atoms with van der Waals surface area (Å²) in [6.07, 6.45) is 0. The summed E-state index contributed by atoms with van der Waals surface area (Å²) in [5.41, 5.74) is 4.74. The fraction of sp³-hybridized carbons (Fsp3) is 0.167. The number of rotatable bonds is 5. The molecule has 0 radical (unpaired) electrons. The van der Waals surface area contributed by atoms with Crippen molar-refractivity contribution < 1.29 is 9.18 Å². The molecular formula is C24H22FN3O. The molecule has 0 saturated heterocycles. The zero-order valence-corrected chi connectivity index (χ0v) is 16.4. The number of nitrogens with zero attached hydrogens (tertiary/aromatic N) is 2. The molecule has 0 aliphatic carbocycles. The molecule has 0 aliphatic rings. The zero-order valence-electron chi connectivity index (χ0n) is 16.4. The van der Waals surface area contributed by atoms with Gasteiger partial charge in [0.05, 0.1) is 17.1 Å². The number of fused-ring (bicyclic) bond motifs is 1. The highest BCUT2D eigenvalue weighted by Crippen LogP contribution is 2.23. The van der Waals surface area contributed by atoms with Crippen molar-refractivity contribution in [1.82, 2.24) is 14.9 Å². The molecule has 1 amide bonds. The minimum absolute atomic E-state index is 0.257. The van der Waals surface area contributed by atoms with Crippen molar-refractivity contribution in [2.45, 2.75) is 26.4 Å². The monoisotopic (exact) mass is 387 g/mol. The van der Waals surface area contributed by atoms with Gasteiger partial charge in [0.25, 0.3) is 5.91 Å². The number of amides is 1. The van der Waals surface area contributed by atoms with Crippen molar-refractivity contribution in [3.8, 4) is 0 Å². The Morgan fingerprint density at radius 3 is 2.48 bits per heavy atom. The smallest absolute Gasteiger partial charge is 0.251 e. The van der Waals surface area contributed by atoms with E-state index in [9.17, 15) is 9.18 Å². The van der Waals surface area contributed by atoms with Crippen LogP contribution in [0.4, 0.5) is 4.39 Å².